The number of hydrogen-bond donors (Lipinski definition) is 1. The second kappa shape index (κ2) is 31.8. The van der Waals surface area contributed by atoms with Gasteiger partial charge in [-0.15, -0.1) is 0 Å². The third kappa shape index (κ3) is 29.7. The second-order valence-electron chi connectivity index (χ2n) is 13.8. The number of carboxylic acid groups (broad SMARTS) is 1. The smallest absolute Gasteiger partial charge is 0.362 e. The van der Waals surface area contributed by atoms with Gasteiger partial charge in [0.05, 0.1) is 34.4 Å². The van der Waals surface area contributed by atoms with E-state index in [-0.39, 0.29) is 36.2 Å². The van der Waals surface area contributed by atoms with Crippen LogP contribution in [0.4, 0.5) is 0 Å². The van der Waals surface area contributed by atoms with Gasteiger partial charge in [0, 0.05) is 19.3 Å². The third-order valence-corrected chi connectivity index (χ3v) is 8.29. The molecule has 0 amide bonds. The molecule has 1 N–H and O–H groups in total. The number of quaternary nitrogens is 1. The molecule has 0 saturated heterocycles. The van der Waals surface area contributed by atoms with E-state index < -0.39 is 18.1 Å². The highest BCUT2D eigenvalue weighted by molar-refractivity contribution is 5.72. The van der Waals surface area contributed by atoms with Crippen LogP contribution in [0.1, 0.15) is 149 Å². The van der Waals surface area contributed by atoms with Crippen LogP contribution < -0.4 is 0 Å². The molecule has 0 aromatic carbocycles. The number of unbranched alkanes of at least 4 members (excludes halogenated alkanes) is 13. The lowest BCUT2D eigenvalue weighted by molar-refractivity contribution is -0.887. The van der Waals surface area contributed by atoms with Crippen molar-refractivity contribution in [2.24, 2.45) is 0 Å². The number of carbonyl (C=O) groups excluding carboxylic acids is 2. The molecule has 2 atom stereocenters. The summed E-state index contributed by atoms with van der Waals surface area (Å²) in [6.45, 7) is 4.59. The number of carboxylic acids is 1. The monoisotopic (exact) mass is 679 g/mol. The third-order valence-electron chi connectivity index (χ3n) is 8.29. The van der Waals surface area contributed by atoms with Crippen molar-refractivity contribution in [2.45, 2.75) is 161 Å². The average Bonchev–Trinajstić information content (AvgIpc) is 3.03. The summed E-state index contributed by atoms with van der Waals surface area (Å²) in [6, 6.07) is -0.613. The molecular weight excluding hydrogens is 606 g/mol. The van der Waals surface area contributed by atoms with E-state index in [0.717, 1.165) is 77.0 Å². The Morgan fingerprint density at radius 3 is 1.67 bits per heavy atom. The number of allylic oxidation sites excluding steroid dienone is 6. The molecule has 8 heteroatoms. The summed E-state index contributed by atoms with van der Waals surface area (Å²) >= 11 is 0. The molecule has 0 radical (unpaired) electrons. The number of aliphatic carboxylic acids is 1. The van der Waals surface area contributed by atoms with E-state index in [2.05, 4.69) is 50.3 Å². The number of rotatable bonds is 33. The Balaban J connectivity index is 4.29. The van der Waals surface area contributed by atoms with Crippen molar-refractivity contribution in [3.05, 3.63) is 36.5 Å². The minimum Gasteiger partial charge on any atom is -0.477 e. The first kappa shape index (κ1) is 45.6. The molecule has 8 nitrogen and oxygen atoms in total. The van der Waals surface area contributed by atoms with Gasteiger partial charge in [-0.2, -0.15) is 0 Å². The van der Waals surface area contributed by atoms with E-state index in [1.165, 1.54) is 38.5 Å². The first-order valence-corrected chi connectivity index (χ1v) is 19.0. The Bertz CT molecular complexity index is 891. The number of hydrogen-bond acceptors (Lipinski definition) is 6. The SMILES string of the molecule is CCCCC/C=C\C/C=C\C/C=C\CCCCCCCCC(=O)OC(COCCC(C(=O)O)[N+](C)(C)C)COC(=O)CCCCCCC. The molecule has 0 bridgehead atoms. The van der Waals surface area contributed by atoms with Crippen molar-refractivity contribution >= 4 is 17.9 Å². The molecule has 48 heavy (non-hydrogen) atoms. The molecule has 0 aliphatic rings. The normalized spacial score (nSPS) is 13.4. The van der Waals surface area contributed by atoms with Crippen molar-refractivity contribution in [1.82, 2.24) is 0 Å². The highest BCUT2D eigenvalue weighted by Crippen LogP contribution is 2.12. The van der Waals surface area contributed by atoms with Crippen molar-refractivity contribution < 1.29 is 38.2 Å². The van der Waals surface area contributed by atoms with E-state index >= 15 is 0 Å². The summed E-state index contributed by atoms with van der Waals surface area (Å²) in [7, 11) is 5.50. The van der Waals surface area contributed by atoms with E-state index in [0.29, 0.717) is 19.3 Å². The van der Waals surface area contributed by atoms with Crippen LogP contribution in [0.5, 0.6) is 0 Å². The van der Waals surface area contributed by atoms with Crippen molar-refractivity contribution in [1.29, 1.82) is 0 Å². The van der Waals surface area contributed by atoms with E-state index in [9.17, 15) is 19.5 Å². The van der Waals surface area contributed by atoms with Gasteiger partial charge in [-0.1, -0.05) is 115 Å². The van der Waals surface area contributed by atoms with E-state index in [4.69, 9.17) is 14.2 Å². The molecule has 0 aliphatic heterocycles. The van der Waals surface area contributed by atoms with Gasteiger partial charge in [0.15, 0.2) is 12.1 Å². The molecule has 0 spiro atoms. The highest BCUT2D eigenvalue weighted by Gasteiger charge is 2.31. The number of ether oxygens (including phenoxy) is 3. The Morgan fingerprint density at radius 2 is 1.10 bits per heavy atom. The minimum atomic E-state index is -0.880. The Morgan fingerprint density at radius 1 is 0.625 bits per heavy atom. The fourth-order valence-corrected chi connectivity index (χ4v) is 5.27. The summed E-state index contributed by atoms with van der Waals surface area (Å²) < 4.78 is 17.1. The molecule has 0 rings (SSSR count). The number of nitrogens with zero attached hydrogens (tertiary/aromatic N) is 1. The molecule has 0 aromatic rings. The van der Waals surface area contributed by atoms with Gasteiger partial charge in [0.25, 0.3) is 0 Å². The van der Waals surface area contributed by atoms with Gasteiger partial charge in [0.2, 0.25) is 0 Å². The van der Waals surface area contributed by atoms with Crippen molar-refractivity contribution in [3.8, 4) is 0 Å². The maximum absolute atomic E-state index is 12.6. The second-order valence-corrected chi connectivity index (χ2v) is 13.8. The average molecular weight is 679 g/mol. The van der Waals surface area contributed by atoms with Crippen LogP contribution >= 0.6 is 0 Å². The van der Waals surface area contributed by atoms with Gasteiger partial charge in [-0.25, -0.2) is 4.79 Å². The summed E-state index contributed by atoms with van der Waals surface area (Å²) in [5.41, 5.74) is 0. The van der Waals surface area contributed by atoms with Crippen molar-refractivity contribution in [2.75, 3.05) is 41.0 Å². The van der Waals surface area contributed by atoms with Gasteiger partial charge in [0.1, 0.15) is 6.61 Å². The zero-order valence-corrected chi connectivity index (χ0v) is 31.4. The van der Waals surface area contributed by atoms with Crippen LogP contribution in [0.3, 0.4) is 0 Å². The zero-order valence-electron chi connectivity index (χ0n) is 31.4. The van der Waals surface area contributed by atoms with Crippen LogP contribution in [0.25, 0.3) is 0 Å². The lowest BCUT2D eigenvalue weighted by Crippen LogP contribution is -2.50. The van der Waals surface area contributed by atoms with Crippen LogP contribution in [-0.4, -0.2) is 80.6 Å². The van der Waals surface area contributed by atoms with Gasteiger partial charge in [-0.3, -0.25) is 9.59 Å². The van der Waals surface area contributed by atoms with Gasteiger partial charge in [-0.05, 0) is 51.4 Å². The van der Waals surface area contributed by atoms with Crippen LogP contribution in [0.2, 0.25) is 0 Å². The topological polar surface area (TPSA) is 99.1 Å². The molecule has 0 aromatic heterocycles. The molecule has 0 heterocycles. The summed E-state index contributed by atoms with van der Waals surface area (Å²) in [5, 5.41) is 9.55. The van der Waals surface area contributed by atoms with Gasteiger partial charge < -0.3 is 23.8 Å². The fraction of sp³-hybridized carbons (Fsp3) is 0.775. The number of likely N-dealkylation sites (N-methyl/N-ethyl adjacent to an activating group) is 1. The first-order valence-electron chi connectivity index (χ1n) is 19.0. The zero-order chi connectivity index (χ0) is 35.7. The highest BCUT2D eigenvalue weighted by atomic mass is 16.6. The first-order chi connectivity index (χ1) is 23.1. The maximum Gasteiger partial charge on any atom is 0.362 e. The standard InChI is InChI=1S/C40H71NO7/c1-6-8-10-12-13-14-15-16-17-18-19-20-21-22-23-24-25-27-29-31-39(43)48-36(35-47-38(42)30-28-26-11-9-7-2)34-46-33-32-37(40(44)45)41(3,4)5/h13-14,16-17,19-20,36-37H,6-12,15,18,21-35H2,1-5H3/p+1/b14-13-,17-16-,20-19-. The molecule has 0 saturated carbocycles. The Hall–Kier alpha value is -2.45. The summed E-state index contributed by atoms with van der Waals surface area (Å²) in [6.07, 6.45) is 33.6. The molecule has 0 aliphatic carbocycles. The minimum absolute atomic E-state index is 0.0558. The number of esters is 2. The predicted octanol–water partition coefficient (Wildman–Crippen LogP) is 9.52. The van der Waals surface area contributed by atoms with E-state index in [1.807, 2.05) is 21.1 Å². The summed E-state index contributed by atoms with van der Waals surface area (Å²) in [4.78, 5) is 36.5. The Kier molecular flexibility index (Phi) is 30.2. The maximum atomic E-state index is 12.6. The number of carbonyl (C=O) groups is 3. The van der Waals surface area contributed by atoms with Crippen LogP contribution in [0.15, 0.2) is 36.5 Å². The molecular formula is C40H72NO7+. The van der Waals surface area contributed by atoms with E-state index in [1.54, 1.807) is 0 Å². The van der Waals surface area contributed by atoms with Gasteiger partial charge >= 0.3 is 17.9 Å². The lowest BCUT2D eigenvalue weighted by atomic mass is 10.1. The fourth-order valence-electron chi connectivity index (χ4n) is 5.27. The van der Waals surface area contributed by atoms with Crippen LogP contribution in [0, 0.1) is 0 Å². The quantitative estimate of drug-likeness (QED) is 0.0319. The van der Waals surface area contributed by atoms with Crippen LogP contribution in [-0.2, 0) is 28.6 Å². The largest absolute Gasteiger partial charge is 0.477 e. The molecule has 2 unspecified atom stereocenters. The summed E-state index contributed by atoms with van der Waals surface area (Å²) in [5.74, 6) is -1.50. The molecule has 0 fully saturated rings. The molecule has 278 valence electrons. The predicted molar refractivity (Wildman–Crippen MR) is 197 cm³/mol. The van der Waals surface area contributed by atoms with Crippen molar-refractivity contribution in [3.63, 3.8) is 0 Å². The lowest BCUT2D eigenvalue weighted by Gasteiger charge is -2.31. The Labute approximate surface area is 293 Å².